The van der Waals surface area contributed by atoms with Gasteiger partial charge in [0.15, 0.2) is 5.82 Å². The number of amides is 2. The van der Waals surface area contributed by atoms with Crippen LogP contribution in [0.1, 0.15) is 45.3 Å². The van der Waals surface area contributed by atoms with Crippen LogP contribution in [0, 0.1) is 12.8 Å². The highest BCUT2D eigenvalue weighted by Gasteiger charge is 2.21. The molecule has 1 N–H and O–H groups in total. The van der Waals surface area contributed by atoms with Crippen molar-refractivity contribution in [3.05, 3.63) is 11.8 Å². The average molecular weight is 295 g/mol. The lowest BCUT2D eigenvalue weighted by atomic mass is 9.98. The lowest BCUT2D eigenvalue weighted by molar-refractivity contribution is -0.137. The molecule has 1 aromatic heterocycles. The third kappa shape index (κ3) is 5.57. The summed E-state index contributed by atoms with van der Waals surface area (Å²) in [7, 11) is 1.66. The molecule has 0 saturated heterocycles. The summed E-state index contributed by atoms with van der Waals surface area (Å²) in [6.07, 6.45) is 3.77. The fourth-order valence-electron chi connectivity index (χ4n) is 2.17. The molecule has 0 bridgehead atoms. The zero-order valence-corrected chi connectivity index (χ0v) is 13.3. The van der Waals surface area contributed by atoms with Crippen LogP contribution in [-0.2, 0) is 9.59 Å². The third-order valence-electron chi connectivity index (χ3n) is 3.40. The number of nitrogens with one attached hydrogen (secondary N) is 1. The molecule has 2 amide bonds. The van der Waals surface area contributed by atoms with E-state index in [2.05, 4.69) is 17.4 Å². The Morgan fingerprint density at radius 1 is 1.43 bits per heavy atom. The number of hydrogen-bond acceptors (Lipinski definition) is 4. The van der Waals surface area contributed by atoms with E-state index in [0.29, 0.717) is 11.6 Å². The van der Waals surface area contributed by atoms with Crippen LogP contribution in [0.15, 0.2) is 10.6 Å². The Hall–Kier alpha value is -1.85. The molecule has 0 aliphatic carbocycles. The Labute approximate surface area is 125 Å². The van der Waals surface area contributed by atoms with Gasteiger partial charge in [-0.25, -0.2) is 0 Å². The van der Waals surface area contributed by atoms with E-state index >= 15 is 0 Å². The molecule has 0 aliphatic rings. The molecule has 1 atom stereocenters. The summed E-state index contributed by atoms with van der Waals surface area (Å²) in [5, 5.41) is 6.30. The molecule has 6 heteroatoms. The predicted octanol–water partition coefficient (Wildman–Crippen LogP) is 2.60. The average Bonchev–Trinajstić information content (AvgIpc) is 2.84. The number of aryl methyl sites for hydroxylation is 1. The second kappa shape index (κ2) is 8.44. The topological polar surface area (TPSA) is 75.4 Å². The van der Waals surface area contributed by atoms with Gasteiger partial charge in [0.1, 0.15) is 5.76 Å². The summed E-state index contributed by atoms with van der Waals surface area (Å²) in [4.78, 5) is 25.6. The molecular weight excluding hydrogens is 270 g/mol. The first kappa shape index (κ1) is 17.2. The van der Waals surface area contributed by atoms with Gasteiger partial charge in [-0.2, -0.15) is 0 Å². The molecule has 1 unspecified atom stereocenters. The van der Waals surface area contributed by atoms with Crippen LogP contribution in [0.3, 0.4) is 0 Å². The van der Waals surface area contributed by atoms with Crippen molar-refractivity contribution in [1.29, 1.82) is 0 Å². The van der Waals surface area contributed by atoms with Crippen molar-refractivity contribution in [3.8, 4) is 0 Å². The van der Waals surface area contributed by atoms with Crippen LogP contribution in [0.25, 0.3) is 0 Å². The fourth-order valence-corrected chi connectivity index (χ4v) is 2.17. The largest absolute Gasteiger partial charge is 0.360 e. The fraction of sp³-hybridized carbons (Fsp3) is 0.667. The molecule has 0 spiro atoms. The number of rotatable bonds is 8. The van der Waals surface area contributed by atoms with Crippen LogP contribution in [0.4, 0.5) is 5.82 Å². The maximum atomic E-state index is 12.3. The molecule has 6 nitrogen and oxygen atoms in total. The number of carbonyl (C=O) groups is 2. The van der Waals surface area contributed by atoms with Gasteiger partial charge in [0.05, 0.1) is 6.54 Å². The maximum Gasteiger partial charge on any atom is 0.245 e. The number of anilines is 1. The standard InChI is InChI=1S/C15H25N3O3/c1-5-7-8-12(6-2)15(20)18(4)10-14(19)16-13-9-11(3)21-17-13/h9,12H,5-8,10H2,1-4H3,(H,16,17,19). The van der Waals surface area contributed by atoms with Crippen LogP contribution in [0.2, 0.25) is 0 Å². The second-order valence-corrected chi connectivity index (χ2v) is 5.31. The number of nitrogens with zero attached hydrogens (tertiary/aromatic N) is 2. The number of carbonyl (C=O) groups excluding carboxylic acids is 2. The molecule has 0 fully saturated rings. The smallest absolute Gasteiger partial charge is 0.245 e. The van der Waals surface area contributed by atoms with Crippen LogP contribution in [0.5, 0.6) is 0 Å². The quantitative estimate of drug-likeness (QED) is 0.800. The van der Waals surface area contributed by atoms with E-state index in [1.54, 1.807) is 20.0 Å². The zero-order chi connectivity index (χ0) is 15.8. The van der Waals surface area contributed by atoms with Gasteiger partial charge < -0.3 is 14.7 Å². The minimum atomic E-state index is -0.274. The van der Waals surface area contributed by atoms with E-state index < -0.39 is 0 Å². The predicted molar refractivity (Wildman–Crippen MR) is 80.8 cm³/mol. The lowest BCUT2D eigenvalue weighted by Crippen LogP contribution is -2.38. The maximum absolute atomic E-state index is 12.3. The van der Waals surface area contributed by atoms with E-state index in [0.717, 1.165) is 25.7 Å². The molecule has 0 aliphatic heterocycles. The van der Waals surface area contributed by atoms with Crippen molar-refractivity contribution < 1.29 is 14.1 Å². The minimum absolute atomic E-state index is 0.00274. The third-order valence-corrected chi connectivity index (χ3v) is 3.40. The van der Waals surface area contributed by atoms with Crippen molar-refractivity contribution in [1.82, 2.24) is 10.1 Å². The van der Waals surface area contributed by atoms with E-state index in [1.165, 1.54) is 4.90 Å². The van der Waals surface area contributed by atoms with Crippen molar-refractivity contribution in [2.75, 3.05) is 18.9 Å². The molecule has 0 radical (unpaired) electrons. The summed E-state index contributed by atoms with van der Waals surface area (Å²) in [6.45, 7) is 5.88. The highest BCUT2D eigenvalue weighted by Crippen LogP contribution is 2.15. The van der Waals surface area contributed by atoms with Crippen molar-refractivity contribution in [2.45, 2.75) is 46.5 Å². The van der Waals surface area contributed by atoms with Gasteiger partial charge in [0.25, 0.3) is 0 Å². The second-order valence-electron chi connectivity index (χ2n) is 5.31. The monoisotopic (exact) mass is 295 g/mol. The van der Waals surface area contributed by atoms with E-state index in [1.807, 2.05) is 6.92 Å². The van der Waals surface area contributed by atoms with Gasteiger partial charge in [-0.05, 0) is 19.8 Å². The van der Waals surface area contributed by atoms with Gasteiger partial charge in [-0.3, -0.25) is 9.59 Å². The first-order valence-electron chi connectivity index (χ1n) is 7.46. The van der Waals surface area contributed by atoms with Gasteiger partial charge in [-0.15, -0.1) is 0 Å². The van der Waals surface area contributed by atoms with E-state index in [4.69, 9.17) is 4.52 Å². The summed E-state index contributed by atoms with van der Waals surface area (Å²) < 4.78 is 4.87. The van der Waals surface area contributed by atoms with Gasteiger partial charge >= 0.3 is 0 Å². The van der Waals surface area contributed by atoms with Gasteiger partial charge in [-0.1, -0.05) is 31.8 Å². The molecule has 118 valence electrons. The molecule has 0 saturated carbocycles. The van der Waals surface area contributed by atoms with Crippen molar-refractivity contribution in [2.24, 2.45) is 5.92 Å². The lowest BCUT2D eigenvalue weighted by Gasteiger charge is -2.22. The van der Waals surface area contributed by atoms with Gasteiger partial charge in [0.2, 0.25) is 11.8 Å². The summed E-state index contributed by atoms with van der Waals surface area (Å²) in [5.74, 6) is 0.746. The SMILES string of the molecule is CCCCC(CC)C(=O)N(C)CC(=O)Nc1cc(C)on1. The van der Waals surface area contributed by atoms with Crippen LogP contribution < -0.4 is 5.32 Å². The first-order chi connectivity index (χ1) is 9.97. The highest BCUT2D eigenvalue weighted by atomic mass is 16.5. The van der Waals surface area contributed by atoms with Gasteiger partial charge in [0, 0.05) is 19.0 Å². The summed E-state index contributed by atoms with van der Waals surface area (Å²) in [5.41, 5.74) is 0. The summed E-state index contributed by atoms with van der Waals surface area (Å²) in [6, 6.07) is 1.63. The molecular formula is C15H25N3O3. The Morgan fingerprint density at radius 2 is 2.14 bits per heavy atom. The Bertz CT molecular complexity index is 470. The highest BCUT2D eigenvalue weighted by molar-refractivity contribution is 5.94. The molecule has 21 heavy (non-hydrogen) atoms. The normalized spacial score (nSPS) is 12.0. The number of unbranched alkanes of at least 4 members (excludes halogenated alkanes) is 1. The van der Waals surface area contributed by atoms with E-state index in [-0.39, 0.29) is 24.3 Å². The van der Waals surface area contributed by atoms with Crippen molar-refractivity contribution in [3.63, 3.8) is 0 Å². The Morgan fingerprint density at radius 3 is 2.67 bits per heavy atom. The van der Waals surface area contributed by atoms with Crippen molar-refractivity contribution >= 4 is 17.6 Å². The molecule has 1 rings (SSSR count). The Kier molecular flexibility index (Phi) is 6.91. The Balaban J connectivity index is 2.48. The zero-order valence-electron chi connectivity index (χ0n) is 13.3. The molecule has 1 heterocycles. The summed E-state index contributed by atoms with van der Waals surface area (Å²) >= 11 is 0. The van der Waals surface area contributed by atoms with E-state index in [9.17, 15) is 9.59 Å². The van der Waals surface area contributed by atoms with Crippen LogP contribution in [-0.4, -0.2) is 35.5 Å². The minimum Gasteiger partial charge on any atom is -0.360 e. The molecule has 0 aromatic carbocycles. The number of aromatic nitrogens is 1. The number of likely N-dealkylation sites (N-methyl/N-ethyl adjacent to an activating group) is 1. The molecule has 1 aromatic rings. The van der Waals surface area contributed by atoms with Crippen LogP contribution >= 0.6 is 0 Å². The number of hydrogen-bond donors (Lipinski definition) is 1. The first-order valence-corrected chi connectivity index (χ1v) is 7.46.